The summed E-state index contributed by atoms with van der Waals surface area (Å²) in [5.74, 6) is 0.123. The van der Waals surface area contributed by atoms with Gasteiger partial charge in [-0.2, -0.15) is 13.2 Å². The number of benzene rings is 1. The first-order valence-electron chi connectivity index (χ1n) is 8.71. The highest BCUT2D eigenvalue weighted by atomic mass is 19.4. The maximum Gasteiger partial charge on any atom is 0.416 e. The van der Waals surface area contributed by atoms with Crippen LogP contribution in [-0.4, -0.2) is 48.0 Å². The van der Waals surface area contributed by atoms with Gasteiger partial charge in [0.15, 0.2) is 0 Å². The second-order valence-electron chi connectivity index (χ2n) is 6.83. The van der Waals surface area contributed by atoms with Crippen molar-refractivity contribution in [2.75, 3.05) is 32.1 Å². The highest BCUT2D eigenvalue weighted by Gasteiger charge is 2.31. The molecule has 0 N–H and O–H groups in total. The molecule has 3 rings (SSSR count). The first kappa shape index (κ1) is 19.1. The van der Waals surface area contributed by atoms with E-state index < -0.39 is 11.7 Å². The zero-order chi connectivity index (χ0) is 19.6. The lowest BCUT2D eigenvalue weighted by molar-refractivity contribution is -0.137. The van der Waals surface area contributed by atoms with Crippen LogP contribution in [0.5, 0.6) is 0 Å². The minimum atomic E-state index is -4.37. The quantitative estimate of drug-likeness (QED) is 0.821. The summed E-state index contributed by atoms with van der Waals surface area (Å²) in [6.07, 6.45) is 0.136. The third-order valence-corrected chi connectivity index (χ3v) is 4.80. The number of hydrogen-bond acceptors (Lipinski definition) is 4. The Morgan fingerprint density at radius 1 is 1.15 bits per heavy atom. The second-order valence-corrected chi connectivity index (χ2v) is 6.83. The fourth-order valence-corrected chi connectivity index (χ4v) is 3.33. The number of halogens is 3. The fraction of sp³-hybridized carbons (Fsp3) is 0.421. The number of rotatable bonds is 3. The molecular formula is C19H21F3N4O. The number of anilines is 1. The molecule has 144 valence electrons. The predicted octanol–water partition coefficient (Wildman–Crippen LogP) is 3.47. The van der Waals surface area contributed by atoms with Crippen LogP contribution in [0.15, 0.2) is 36.8 Å². The van der Waals surface area contributed by atoms with Gasteiger partial charge in [-0.25, -0.2) is 9.97 Å². The molecule has 1 aromatic carbocycles. The highest BCUT2D eigenvalue weighted by molar-refractivity contribution is 5.79. The summed E-state index contributed by atoms with van der Waals surface area (Å²) in [5.41, 5.74) is 1.28. The van der Waals surface area contributed by atoms with Crippen molar-refractivity contribution in [3.8, 4) is 11.3 Å². The van der Waals surface area contributed by atoms with Gasteiger partial charge < -0.3 is 9.80 Å². The summed E-state index contributed by atoms with van der Waals surface area (Å²) in [7, 11) is 3.50. The minimum absolute atomic E-state index is 0.00426. The zero-order valence-electron chi connectivity index (χ0n) is 15.2. The molecule has 0 atom stereocenters. The Kier molecular flexibility index (Phi) is 5.34. The number of piperidine rings is 1. The topological polar surface area (TPSA) is 49.3 Å². The van der Waals surface area contributed by atoms with Crippen LogP contribution < -0.4 is 4.90 Å². The van der Waals surface area contributed by atoms with Crippen LogP contribution >= 0.6 is 0 Å². The summed E-state index contributed by atoms with van der Waals surface area (Å²) in [5, 5.41) is 0. The first-order chi connectivity index (χ1) is 12.8. The molecule has 1 aromatic heterocycles. The van der Waals surface area contributed by atoms with Crippen molar-refractivity contribution in [3.05, 3.63) is 42.4 Å². The number of nitrogens with zero attached hydrogens (tertiary/aromatic N) is 4. The normalized spacial score (nSPS) is 15.7. The highest BCUT2D eigenvalue weighted by Crippen LogP contribution is 2.34. The predicted molar refractivity (Wildman–Crippen MR) is 96.1 cm³/mol. The van der Waals surface area contributed by atoms with Crippen molar-refractivity contribution in [2.45, 2.75) is 19.0 Å². The molecule has 1 saturated heterocycles. The molecule has 0 aliphatic carbocycles. The van der Waals surface area contributed by atoms with E-state index in [0.29, 0.717) is 24.3 Å². The molecule has 1 aliphatic heterocycles. The molecule has 0 unspecified atom stereocenters. The fourth-order valence-electron chi connectivity index (χ4n) is 3.33. The number of hydrogen-bond donors (Lipinski definition) is 0. The Morgan fingerprint density at radius 3 is 2.33 bits per heavy atom. The van der Waals surface area contributed by atoms with Crippen LogP contribution in [0.2, 0.25) is 0 Å². The zero-order valence-corrected chi connectivity index (χ0v) is 15.2. The Labute approximate surface area is 155 Å². The van der Waals surface area contributed by atoms with Crippen molar-refractivity contribution in [2.24, 2.45) is 5.92 Å². The Bertz CT molecular complexity index is 797. The number of aromatic nitrogens is 2. The monoisotopic (exact) mass is 378 g/mol. The van der Waals surface area contributed by atoms with Crippen molar-refractivity contribution >= 4 is 11.6 Å². The number of alkyl halides is 3. The average molecular weight is 378 g/mol. The van der Waals surface area contributed by atoms with Crippen LogP contribution in [0.4, 0.5) is 18.9 Å². The largest absolute Gasteiger partial charge is 0.416 e. The van der Waals surface area contributed by atoms with Gasteiger partial charge in [-0.1, -0.05) is 12.1 Å². The molecule has 1 fully saturated rings. The molecule has 0 radical (unpaired) electrons. The maximum absolute atomic E-state index is 12.8. The van der Waals surface area contributed by atoms with Gasteiger partial charge in [-0.15, -0.1) is 0 Å². The lowest BCUT2D eigenvalue weighted by Crippen LogP contribution is -2.40. The number of carbonyl (C=O) groups is 1. The van der Waals surface area contributed by atoms with Gasteiger partial charge in [0.05, 0.1) is 23.1 Å². The molecule has 27 heavy (non-hydrogen) atoms. The lowest BCUT2D eigenvalue weighted by atomic mass is 9.95. The average Bonchev–Trinajstić information content (AvgIpc) is 2.67. The molecule has 0 bridgehead atoms. The van der Waals surface area contributed by atoms with Crippen molar-refractivity contribution in [1.29, 1.82) is 0 Å². The van der Waals surface area contributed by atoms with Crippen molar-refractivity contribution in [3.63, 3.8) is 0 Å². The van der Waals surface area contributed by atoms with Gasteiger partial charge in [-0.3, -0.25) is 4.79 Å². The summed E-state index contributed by atoms with van der Waals surface area (Å²) in [6.45, 7) is 1.34. The summed E-state index contributed by atoms with van der Waals surface area (Å²) < 4.78 is 38.4. The third kappa shape index (κ3) is 4.20. The molecule has 0 spiro atoms. The van der Waals surface area contributed by atoms with E-state index in [1.807, 2.05) is 0 Å². The van der Waals surface area contributed by atoms with Gasteiger partial charge in [0, 0.05) is 38.7 Å². The lowest BCUT2D eigenvalue weighted by Gasteiger charge is -2.34. The van der Waals surface area contributed by atoms with Crippen molar-refractivity contribution < 1.29 is 18.0 Å². The summed E-state index contributed by atoms with van der Waals surface area (Å²) in [4.78, 5) is 24.2. The molecule has 2 heterocycles. The van der Waals surface area contributed by atoms with Crippen molar-refractivity contribution in [1.82, 2.24) is 14.9 Å². The van der Waals surface area contributed by atoms with Gasteiger partial charge in [0.1, 0.15) is 6.33 Å². The van der Waals surface area contributed by atoms with Gasteiger partial charge in [-0.05, 0) is 25.0 Å². The molecule has 5 nitrogen and oxygen atoms in total. The van der Waals surface area contributed by atoms with Gasteiger partial charge in [0.25, 0.3) is 0 Å². The van der Waals surface area contributed by atoms with E-state index in [2.05, 4.69) is 14.9 Å². The van der Waals surface area contributed by atoms with Crippen LogP contribution in [0.25, 0.3) is 11.3 Å². The van der Waals surface area contributed by atoms with E-state index in [-0.39, 0.29) is 11.8 Å². The number of carbonyl (C=O) groups excluding carboxylic acids is 1. The third-order valence-electron chi connectivity index (χ3n) is 4.80. The van der Waals surface area contributed by atoms with Crippen LogP contribution in [-0.2, 0) is 11.0 Å². The molecule has 2 aromatic rings. The Morgan fingerprint density at radius 2 is 1.78 bits per heavy atom. The van der Waals surface area contributed by atoms with Crippen LogP contribution in [0.1, 0.15) is 18.4 Å². The Hall–Kier alpha value is -2.64. The molecular weight excluding hydrogens is 357 g/mol. The van der Waals surface area contributed by atoms with E-state index in [0.717, 1.165) is 30.7 Å². The van der Waals surface area contributed by atoms with E-state index in [1.165, 1.54) is 18.5 Å². The number of amides is 1. The first-order valence-corrected chi connectivity index (χ1v) is 8.71. The van der Waals surface area contributed by atoms with Gasteiger partial charge in [0.2, 0.25) is 5.91 Å². The molecule has 8 heteroatoms. The Balaban J connectivity index is 1.80. The standard InChI is InChI=1S/C19H21F3N4O/c1-25(2)18(27)14-7-9-26(10-8-14)16-11-23-12-24-17(16)13-3-5-15(6-4-13)19(20,21)22/h3-6,11-12,14H,7-10H2,1-2H3. The smallest absolute Gasteiger partial charge is 0.368 e. The van der Waals surface area contributed by atoms with Crippen LogP contribution in [0.3, 0.4) is 0 Å². The summed E-state index contributed by atoms with van der Waals surface area (Å²) in [6, 6.07) is 4.97. The van der Waals surface area contributed by atoms with Gasteiger partial charge >= 0.3 is 6.18 Å². The molecule has 1 aliphatic rings. The molecule has 1 amide bonds. The second kappa shape index (κ2) is 7.54. The van der Waals surface area contributed by atoms with E-state index in [9.17, 15) is 18.0 Å². The van der Waals surface area contributed by atoms with E-state index in [4.69, 9.17) is 0 Å². The van der Waals surface area contributed by atoms with E-state index in [1.54, 1.807) is 25.2 Å². The summed E-state index contributed by atoms with van der Waals surface area (Å²) >= 11 is 0. The minimum Gasteiger partial charge on any atom is -0.368 e. The SMILES string of the molecule is CN(C)C(=O)C1CCN(c2cncnc2-c2ccc(C(F)(F)F)cc2)CC1. The molecule has 0 saturated carbocycles. The van der Waals surface area contributed by atoms with Crippen LogP contribution in [0, 0.1) is 5.92 Å². The maximum atomic E-state index is 12.8. The van der Waals surface area contributed by atoms with E-state index >= 15 is 0 Å².